The number of likely N-dealkylation sites (N-methyl/N-ethyl adjacent to an activating group) is 1. The molecule has 0 heterocycles. The molecule has 0 saturated heterocycles. The molecule has 0 spiro atoms. The Labute approximate surface area is 108 Å². The zero-order chi connectivity index (χ0) is 13.8. The van der Waals surface area contributed by atoms with Gasteiger partial charge in [-0.3, -0.25) is 4.79 Å². The Morgan fingerprint density at radius 2 is 1.89 bits per heavy atom. The molecule has 18 heavy (non-hydrogen) atoms. The molecule has 0 saturated carbocycles. The maximum Gasteiger partial charge on any atom is 0.222 e. The summed E-state index contributed by atoms with van der Waals surface area (Å²) in [5.41, 5.74) is 0. The average Bonchev–Trinajstić information content (AvgIpc) is 2.34. The lowest BCUT2D eigenvalue weighted by molar-refractivity contribution is -0.124. The van der Waals surface area contributed by atoms with Crippen LogP contribution in [0.2, 0.25) is 0 Å². The lowest BCUT2D eigenvalue weighted by Gasteiger charge is -2.12. The minimum absolute atomic E-state index is 0.00236. The molecule has 0 aromatic carbocycles. The molecule has 1 amide bonds. The summed E-state index contributed by atoms with van der Waals surface area (Å²) >= 11 is 0. The summed E-state index contributed by atoms with van der Waals surface area (Å²) in [7, 11) is 1.85. The average molecular weight is 264 g/mol. The van der Waals surface area contributed by atoms with Crippen molar-refractivity contribution in [1.82, 2.24) is 10.6 Å². The third-order valence-electron chi connectivity index (χ3n) is 2.19. The fourth-order valence-electron chi connectivity index (χ4n) is 1.08. The molecule has 6 heteroatoms. The van der Waals surface area contributed by atoms with Crippen molar-refractivity contribution in [3.8, 4) is 0 Å². The number of carbonyl (C=O) groups is 1. The number of hydrogen-bond donors (Lipinski definition) is 2. The maximum atomic E-state index is 13.3. The molecule has 0 aliphatic carbocycles. The predicted octanol–water partition coefficient (Wildman–Crippen LogP) is 0.349. The van der Waals surface area contributed by atoms with Gasteiger partial charge < -0.3 is 20.1 Å². The lowest BCUT2D eigenvalue weighted by atomic mass is 10.2. The highest BCUT2D eigenvalue weighted by Crippen LogP contribution is 1.94. The van der Waals surface area contributed by atoms with Crippen LogP contribution in [0.25, 0.3) is 0 Å². The maximum absolute atomic E-state index is 13.3. The SMILES string of the molecule is CNCCOCCOCC(F)CNC(=O)C(C)C. The van der Waals surface area contributed by atoms with Crippen LogP contribution in [-0.2, 0) is 14.3 Å². The van der Waals surface area contributed by atoms with Gasteiger partial charge in [0.05, 0.1) is 33.0 Å². The second-order valence-corrected chi connectivity index (χ2v) is 4.29. The summed E-state index contributed by atoms with van der Waals surface area (Å²) in [5, 5.41) is 5.46. The zero-order valence-corrected chi connectivity index (χ0v) is 11.5. The first-order valence-electron chi connectivity index (χ1n) is 6.29. The van der Waals surface area contributed by atoms with Gasteiger partial charge in [0.15, 0.2) is 0 Å². The van der Waals surface area contributed by atoms with E-state index >= 15 is 0 Å². The topological polar surface area (TPSA) is 59.6 Å². The third-order valence-corrected chi connectivity index (χ3v) is 2.19. The monoisotopic (exact) mass is 264 g/mol. The van der Waals surface area contributed by atoms with Crippen LogP contribution in [-0.4, -0.2) is 58.6 Å². The molecule has 0 aromatic heterocycles. The van der Waals surface area contributed by atoms with E-state index in [2.05, 4.69) is 10.6 Å². The summed E-state index contributed by atoms with van der Waals surface area (Å²) in [6.45, 7) is 5.72. The molecule has 0 aliphatic heterocycles. The number of hydrogen-bond acceptors (Lipinski definition) is 4. The van der Waals surface area contributed by atoms with Crippen molar-refractivity contribution in [2.24, 2.45) is 5.92 Å². The van der Waals surface area contributed by atoms with Crippen molar-refractivity contribution in [3.05, 3.63) is 0 Å². The number of carbonyl (C=O) groups excluding carboxylic acids is 1. The Balaban J connectivity index is 3.32. The number of ether oxygens (including phenoxy) is 2. The molecule has 5 nitrogen and oxygen atoms in total. The first-order chi connectivity index (χ1) is 8.57. The van der Waals surface area contributed by atoms with E-state index in [4.69, 9.17) is 9.47 Å². The first-order valence-corrected chi connectivity index (χ1v) is 6.29. The van der Waals surface area contributed by atoms with Crippen molar-refractivity contribution in [2.75, 3.05) is 46.6 Å². The second-order valence-electron chi connectivity index (χ2n) is 4.29. The van der Waals surface area contributed by atoms with Gasteiger partial charge in [0, 0.05) is 12.5 Å². The van der Waals surface area contributed by atoms with Crippen LogP contribution in [0.15, 0.2) is 0 Å². The van der Waals surface area contributed by atoms with E-state index in [1.807, 2.05) is 7.05 Å². The molecule has 0 rings (SSSR count). The lowest BCUT2D eigenvalue weighted by Crippen LogP contribution is -2.35. The standard InChI is InChI=1S/C12H25FN2O3/c1-10(2)12(16)15-8-11(13)9-18-7-6-17-5-4-14-3/h10-11,14H,4-9H2,1-3H3,(H,15,16). The van der Waals surface area contributed by atoms with E-state index in [9.17, 15) is 9.18 Å². The van der Waals surface area contributed by atoms with E-state index in [0.717, 1.165) is 6.54 Å². The number of alkyl halides is 1. The molecular formula is C12H25FN2O3. The van der Waals surface area contributed by atoms with Gasteiger partial charge in [-0.15, -0.1) is 0 Å². The highest BCUT2D eigenvalue weighted by Gasteiger charge is 2.11. The quantitative estimate of drug-likeness (QED) is 0.529. The Morgan fingerprint density at radius 3 is 2.50 bits per heavy atom. The highest BCUT2D eigenvalue weighted by molar-refractivity contribution is 5.77. The Kier molecular flexibility index (Phi) is 10.9. The van der Waals surface area contributed by atoms with Gasteiger partial charge in [-0.25, -0.2) is 4.39 Å². The summed E-state index contributed by atoms with van der Waals surface area (Å²) in [6, 6.07) is 0. The fourth-order valence-corrected chi connectivity index (χ4v) is 1.08. The number of halogens is 1. The van der Waals surface area contributed by atoms with E-state index in [0.29, 0.717) is 19.8 Å². The zero-order valence-electron chi connectivity index (χ0n) is 11.5. The van der Waals surface area contributed by atoms with Gasteiger partial charge in [0.25, 0.3) is 0 Å². The summed E-state index contributed by atoms with van der Waals surface area (Å²) in [4.78, 5) is 11.2. The van der Waals surface area contributed by atoms with Crippen LogP contribution in [0.4, 0.5) is 4.39 Å². The molecule has 1 unspecified atom stereocenters. The summed E-state index contributed by atoms with van der Waals surface area (Å²) in [5.74, 6) is -0.272. The van der Waals surface area contributed by atoms with Gasteiger partial charge in [-0.2, -0.15) is 0 Å². The molecule has 2 N–H and O–H groups in total. The van der Waals surface area contributed by atoms with Crippen LogP contribution >= 0.6 is 0 Å². The van der Waals surface area contributed by atoms with Crippen LogP contribution < -0.4 is 10.6 Å². The summed E-state index contributed by atoms with van der Waals surface area (Å²) < 4.78 is 23.6. The van der Waals surface area contributed by atoms with Crippen LogP contribution in [0.1, 0.15) is 13.8 Å². The van der Waals surface area contributed by atoms with Crippen molar-refractivity contribution in [3.63, 3.8) is 0 Å². The number of nitrogens with one attached hydrogen (secondary N) is 2. The van der Waals surface area contributed by atoms with Crippen LogP contribution in [0.3, 0.4) is 0 Å². The van der Waals surface area contributed by atoms with Crippen molar-refractivity contribution >= 4 is 5.91 Å². The van der Waals surface area contributed by atoms with Crippen molar-refractivity contribution in [2.45, 2.75) is 20.0 Å². The molecule has 0 fully saturated rings. The van der Waals surface area contributed by atoms with Crippen molar-refractivity contribution in [1.29, 1.82) is 0 Å². The largest absolute Gasteiger partial charge is 0.378 e. The smallest absolute Gasteiger partial charge is 0.222 e. The molecule has 0 bridgehead atoms. The highest BCUT2D eigenvalue weighted by atomic mass is 19.1. The summed E-state index contributed by atoms with van der Waals surface area (Å²) in [6.07, 6.45) is -1.18. The Hall–Kier alpha value is -0.720. The van der Waals surface area contributed by atoms with Gasteiger partial charge in [-0.05, 0) is 7.05 Å². The van der Waals surface area contributed by atoms with Gasteiger partial charge in [0.2, 0.25) is 5.91 Å². The van der Waals surface area contributed by atoms with Crippen LogP contribution in [0.5, 0.6) is 0 Å². The Bertz CT molecular complexity index is 215. The van der Waals surface area contributed by atoms with Crippen molar-refractivity contribution < 1.29 is 18.7 Å². The first kappa shape index (κ1) is 17.3. The Morgan fingerprint density at radius 1 is 1.22 bits per heavy atom. The van der Waals surface area contributed by atoms with E-state index in [1.165, 1.54) is 0 Å². The van der Waals surface area contributed by atoms with E-state index < -0.39 is 6.17 Å². The second kappa shape index (κ2) is 11.4. The predicted molar refractivity (Wildman–Crippen MR) is 68.3 cm³/mol. The third kappa shape index (κ3) is 10.4. The minimum atomic E-state index is -1.18. The van der Waals surface area contributed by atoms with Gasteiger partial charge in [0.1, 0.15) is 6.17 Å². The molecular weight excluding hydrogens is 239 g/mol. The molecule has 108 valence electrons. The molecule has 1 atom stereocenters. The fraction of sp³-hybridized carbons (Fsp3) is 0.917. The normalized spacial score (nSPS) is 12.7. The molecule has 0 radical (unpaired) electrons. The molecule has 0 aromatic rings. The van der Waals surface area contributed by atoms with E-state index in [-0.39, 0.29) is 25.0 Å². The van der Waals surface area contributed by atoms with Crippen LogP contribution in [0, 0.1) is 5.92 Å². The molecule has 0 aliphatic rings. The van der Waals surface area contributed by atoms with Gasteiger partial charge >= 0.3 is 0 Å². The number of rotatable bonds is 11. The number of amides is 1. The van der Waals surface area contributed by atoms with E-state index in [1.54, 1.807) is 13.8 Å². The minimum Gasteiger partial charge on any atom is -0.378 e. The van der Waals surface area contributed by atoms with Gasteiger partial charge in [-0.1, -0.05) is 13.8 Å².